The van der Waals surface area contributed by atoms with Crippen LogP contribution in [-0.2, 0) is 0 Å². The second kappa shape index (κ2) is 3.97. The Bertz CT molecular complexity index is 399. The van der Waals surface area contributed by atoms with Crippen LogP contribution in [0.3, 0.4) is 0 Å². The number of allylic oxidation sites excluding steroid dienone is 4. The van der Waals surface area contributed by atoms with Crippen LogP contribution >= 0.6 is 0 Å². The lowest BCUT2D eigenvalue weighted by Gasteiger charge is -2.09. The summed E-state index contributed by atoms with van der Waals surface area (Å²) in [5.74, 6) is 0. The number of hydrogen-bond acceptors (Lipinski definition) is 1. The molecule has 1 heteroatoms. The molecule has 1 aliphatic heterocycles. The summed E-state index contributed by atoms with van der Waals surface area (Å²) >= 11 is 0. The van der Waals surface area contributed by atoms with E-state index in [1.54, 1.807) is 0 Å². The van der Waals surface area contributed by atoms with Gasteiger partial charge in [-0.05, 0) is 11.6 Å². The SMILES string of the molecule is C=C1/C=C\C=C/CNc2ccccc21. The fraction of sp³-hybridized carbons (Fsp3) is 0.0769. The zero-order valence-electron chi connectivity index (χ0n) is 8.03. The van der Waals surface area contributed by atoms with Crippen molar-refractivity contribution in [1.82, 2.24) is 0 Å². The summed E-state index contributed by atoms with van der Waals surface area (Å²) in [5.41, 5.74) is 3.36. The van der Waals surface area contributed by atoms with Crippen LogP contribution in [0.1, 0.15) is 5.56 Å². The van der Waals surface area contributed by atoms with Crippen molar-refractivity contribution in [3.05, 3.63) is 60.7 Å². The number of anilines is 1. The lowest BCUT2D eigenvalue weighted by Crippen LogP contribution is -2.00. The minimum Gasteiger partial charge on any atom is -0.381 e. The third-order valence-electron chi connectivity index (χ3n) is 2.23. The number of hydrogen-bond donors (Lipinski definition) is 1. The average molecular weight is 183 g/mol. The highest BCUT2D eigenvalue weighted by molar-refractivity contribution is 5.81. The Kier molecular flexibility index (Phi) is 2.50. The van der Waals surface area contributed by atoms with Crippen LogP contribution in [0.25, 0.3) is 5.57 Å². The smallest absolute Gasteiger partial charge is 0.0422 e. The maximum atomic E-state index is 4.04. The first-order valence-corrected chi connectivity index (χ1v) is 4.73. The standard InChI is InChI=1S/C13H13N/c1-11-7-3-2-6-10-14-13-9-5-4-8-12(11)13/h2-9,14H,1,10H2/b6-2-,7-3-. The summed E-state index contributed by atoms with van der Waals surface area (Å²) in [6.45, 7) is 4.89. The summed E-state index contributed by atoms with van der Waals surface area (Å²) in [4.78, 5) is 0. The van der Waals surface area contributed by atoms with Crippen molar-refractivity contribution >= 4 is 11.3 Å². The van der Waals surface area contributed by atoms with Gasteiger partial charge in [-0.2, -0.15) is 0 Å². The van der Waals surface area contributed by atoms with Gasteiger partial charge in [-0.1, -0.05) is 49.1 Å². The van der Waals surface area contributed by atoms with E-state index in [2.05, 4.69) is 30.1 Å². The first-order valence-electron chi connectivity index (χ1n) is 4.73. The monoisotopic (exact) mass is 183 g/mol. The second-order valence-electron chi connectivity index (χ2n) is 3.24. The number of para-hydroxylation sites is 1. The first kappa shape index (κ1) is 8.82. The predicted molar refractivity (Wildman–Crippen MR) is 62.2 cm³/mol. The largest absolute Gasteiger partial charge is 0.381 e. The van der Waals surface area contributed by atoms with E-state index in [9.17, 15) is 0 Å². The normalized spacial score (nSPS) is 19.6. The highest BCUT2D eigenvalue weighted by Crippen LogP contribution is 2.23. The maximum absolute atomic E-state index is 4.04. The molecule has 14 heavy (non-hydrogen) atoms. The van der Waals surface area contributed by atoms with E-state index in [-0.39, 0.29) is 0 Å². The van der Waals surface area contributed by atoms with E-state index < -0.39 is 0 Å². The van der Waals surface area contributed by atoms with Gasteiger partial charge < -0.3 is 5.32 Å². The van der Waals surface area contributed by atoms with Gasteiger partial charge in [0.25, 0.3) is 0 Å². The van der Waals surface area contributed by atoms with Crippen molar-refractivity contribution in [2.45, 2.75) is 0 Å². The Labute approximate surface area is 84.5 Å². The topological polar surface area (TPSA) is 12.0 Å². The fourth-order valence-electron chi connectivity index (χ4n) is 1.49. The number of nitrogens with one attached hydrogen (secondary N) is 1. The maximum Gasteiger partial charge on any atom is 0.0422 e. The molecule has 1 nitrogen and oxygen atoms in total. The molecule has 1 aromatic rings. The third-order valence-corrected chi connectivity index (χ3v) is 2.23. The van der Waals surface area contributed by atoms with Gasteiger partial charge >= 0.3 is 0 Å². The van der Waals surface area contributed by atoms with Crippen LogP contribution < -0.4 is 5.32 Å². The fourth-order valence-corrected chi connectivity index (χ4v) is 1.49. The molecule has 0 aromatic heterocycles. The molecule has 0 bridgehead atoms. The van der Waals surface area contributed by atoms with Gasteiger partial charge in [0.05, 0.1) is 0 Å². The van der Waals surface area contributed by atoms with Gasteiger partial charge in [0.15, 0.2) is 0 Å². The molecule has 1 heterocycles. The minimum atomic E-state index is 0.856. The minimum absolute atomic E-state index is 0.856. The lowest BCUT2D eigenvalue weighted by atomic mass is 10.1. The Balaban J connectivity index is 2.45. The van der Waals surface area contributed by atoms with Crippen LogP contribution in [0.4, 0.5) is 5.69 Å². The molecular formula is C13H13N. The molecule has 0 amide bonds. The van der Waals surface area contributed by atoms with Crippen molar-refractivity contribution in [2.75, 3.05) is 11.9 Å². The van der Waals surface area contributed by atoms with Crippen molar-refractivity contribution in [1.29, 1.82) is 0 Å². The van der Waals surface area contributed by atoms with Crippen LogP contribution in [0.15, 0.2) is 55.1 Å². The molecule has 0 fully saturated rings. The van der Waals surface area contributed by atoms with Crippen LogP contribution in [0, 0.1) is 0 Å². The third kappa shape index (κ3) is 1.77. The molecule has 0 aliphatic carbocycles. The van der Waals surface area contributed by atoms with Crippen LogP contribution in [0.2, 0.25) is 0 Å². The molecule has 0 radical (unpaired) electrons. The van der Waals surface area contributed by atoms with Gasteiger partial charge in [-0.15, -0.1) is 0 Å². The number of fused-ring (bicyclic) bond motifs is 1. The van der Waals surface area contributed by atoms with Gasteiger partial charge in [0.1, 0.15) is 0 Å². The molecule has 1 aromatic carbocycles. The van der Waals surface area contributed by atoms with E-state index in [1.807, 2.05) is 30.4 Å². The van der Waals surface area contributed by atoms with E-state index >= 15 is 0 Å². The van der Waals surface area contributed by atoms with Crippen molar-refractivity contribution in [3.63, 3.8) is 0 Å². The molecule has 1 aliphatic rings. The molecule has 0 saturated heterocycles. The van der Waals surface area contributed by atoms with Crippen molar-refractivity contribution in [3.8, 4) is 0 Å². The summed E-state index contributed by atoms with van der Waals surface area (Å²) < 4.78 is 0. The second-order valence-corrected chi connectivity index (χ2v) is 3.24. The van der Waals surface area contributed by atoms with Crippen molar-refractivity contribution in [2.24, 2.45) is 0 Å². The lowest BCUT2D eigenvalue weighted by molar-refractivity contribution is 1.33. The van der Waals surface area contributed by atoms with E-state index in [0.717, 1.165) is 17.8 Å². The molecule has 0 saturated carbocycles. The molecule has 0 atom stereocenters. The summed E-state index contributed by atoms with van der Waals surface area (Å²) in [7, 11) is 0. The summed E-state index contributed by atoms with van der Waals surface area (Å²) in [6.07, 6.45) is 8.17. The van der Waals surface area contributed by atoms with Gasteiger partial charge in [-0.25, -0.2) is 0 Å². The van der Waals surface area contributed by atoms with Gasteiger partial charge in [0.2, 0.25) is 0 Å². The summed E-state index contributed by atoms with van der Waals surface area (Å²) in [5, 5.41) is 3.35. The average Bonchev–Trinajstić information content (AvgIpc) is 2.30. The molecule has 0 spiro atoms. The Morgan fingerprint density at radius 1 is 1.14 bits per heavy atom. The van der Waals surface area contributed by atoms with Crippen LogP contribution in [0.5, 0.6) is 0 Å². The predicted octanol–water partition coefficient (Wildman–Crippen LogP) is 3.24. The Hall–Kier alpha value is -1.76. The zero-order valence-corrected chi connectivity index (χ0v) is 8.03. The summed E-state index contributed by atoms with van der Waals surface area (Å²) in [6, 6.07) is 8.23. The molecule has 0 unspecified atom stereocenters. The number of benzene rings is 1. The van der Waals surface area contributed by atoms with E-state index in [1.165, 1.54) is 5.56 Å². The quantitative estimate of drug-likeness (QED) is 0.651. The molecule has 2 rings (SSSR count). The number of rotatable bonds is 0. The molecular weight excluding hydrogens is 170 g/mol. The van der Waals surface area contributed by atoms with E-state index in [0.29, 0.717) is 0 Å². The first-order chi connectivity index (χ1) is 6.88. The van der Waals surface area contributed by atoms with E-state index in [4.69, 9.17) is 0 Å². The highest BCUT2D eigenvalue weighted by Gasteiger charge is 2.02. The van der Waals surface area contributed by atoms with Crippen LogP contribution in [-0.4, -0.2) is 6.54 Å². The molecule has 70 valence electrons. The van der Waals surface area contributed by atoms with Crippen molar-refractivity contribution < 1.29 is 0 Å². The zero-order chi connectivity index (χ0) is 9.80. The highest BCUT2D eigenvalue weighted by atomic mass is 14.9. The Morgan fingerprint density at radius 2 is 2.00 bits per heavy atom. The van der Waals surface area contributed by atoms with Gasteiger partial charge in [-0.3, -0.25) is 0 Å². The molecule has 1 N–H and O–H groups in total. The van der Waals surface area contributed by atoms with Gasteiger partial charge in [0, 0.05) is 17.8 Å². The Morgan fingerprint density at radius 3 is 2.93 bits per heavy atom.